The minimum absolute atomic E-state index is 0. The van der Waals surface area contributed by atoms with Crippen LogP contribution in [0.3, 0.4) is 0 Å². The monoisotopic (exact) mass is 641 g/mol. The number of rotatable bonds is 21. The summed E-state index contributed by atoms with van der Waals surface area (Å²) in [6.45, 7) is 20.8. The average Bonchev–Trinajstić information content (AvgIpc) is 2.91. The van der Waals surface area contributed by atoms with Gasteiger partial charge >= 0.3 is 0 Å². The van der Waals surface area contributed by atoms with Gasteiger partial charge in [-0.25, -0.2) is 0 Å². The number of thioether (sulfide) groups is 2. The van der Waals surface area contributed by atoms with Crippen molar-refractivity contribution < 1.29 is 9.59 Å². The van der Waals surface area contributed by atoms with Crippen LogP contribution in [0.15, 0.2) is 24.3 Å². The van der Waals surface area contributed by atoms with Crippen LogP contribution in [0, 0.1) is 17.8 Å². The molecule has 2 nitrogen and oxygen atoms in total. The van der Waals surface area contributed by atoms with Crippen molar-refractivity contribution in [3.63, 3.8) is 0 Å². The van der Waals surface area contributed by atoms with Crippen LogP contribution in [0.1, 0.15) is 177 Å². The van der Waals surface area contributed by atoms with Gasteiger partial charge in [-0.1, -0.05) is 140 Å². The standard InChI is InChI=1S/C18H38S2.C11H14O.C8H16O.2CH4/c1-4-14-19-15-11-9-7-5-6-8-10-12-16-20-17-13-18(2)3;1-8(2)10-6-4-5-7-11(10)9(3)12;1-6(2)5-8(9)7(3)4;;/h18H,4-17H2,1-3H3;4-8H,1-3H3;6-7H,5H2,1-4H3;2*1H4. The van der Waals surface area contributed by atoms with E-state index >= 15 is 0 Å². The Kier molecular flexibility index (Phi) is 39.0. The molecule has 0 atom stereocenters. The largest absolute Gasteiger partial charge is 0.299 e. The molecule has 4 heteroatoms. The van der Waals surface area contributed by atoms with Gasteiger partial charge in [-0.15, -0.1) is 0 Å². The third-order valence-electron chi connectivity index (χ3n) is 6.73. The number of unbranched alkanes of at least 4 members (excludes halogenated alkanes) is 7. The van der Waals surface area contributed by atoms with Gasteiger partial charge in [0.2, 0.25) is 0 Å². The molecule has 0 heterocycles. The van der Waals surface area contributed by atoms with Crippen LogP contribution in [0.25, 0.3) is 0 Å². The van der Waals surface area contributed by atoms with Crippen molar-refractivity contribution in [1.82, 2.24) is 0 Å². The molecule has 0 radical (unpaired) electrons. The molecule has 0 saturated carbocycles. The van der Waals surface area contributed by atoms with Crippen LogP contribution >= 0.6 is 23.5 Å². The molecule has 0 N–H and O–H groups in total. The van der Waals surface area contributed by atoms with Crippen molar-refractivity contribution >= 4 is 35.1 Å². The van der Waals surface area contributed by atoms with Crippen molar-refractivity contribution in [2.75, 3.05) is 23.0 Å². The quantitative estimate of drug-likeness (QED) is 0.0989. The lowest BCUT2D eigenvalue weighted by molar-refractivity contribution is -0.122. The molecule has 1 aromatic carbocycles. The van der Waals surface area contributed by atoms with Gasteiger partial charge in [-0.2, -0.15) is 23.5 Å². The highest BCUT2D eigenvalue weighted by Gasteiger charge is 2.09. The SMILES string of the molecule is C.C.CC(=O)c1ccccc1C(C)C.CC(C)CC(=O)C(C)C.CCCSCCCCCCCCCCSCCC(C)C. The summed E-state index contributed by atoms with van der Waals surface area (Å²) in [6, 6.07) is 7.78. The van der Waals surface area contributed by atoms with Gasteiger partial charge in [-0.05, 0) is 78.9 Å². The maximum atomic E-state index is 11.2. The maximum absolute atomic E-state index is 11.2. The van der Waals surface area contributed by atoms with E-state index in [-0.39, 0.29) is 26.6 Å². The topological polar surface area (TPSA) is 34.1 Å². The highest BCUT2D eigenvalue weighted by atomic mass is 32.2. The molecule has 0 fully saturated rings. The molecule has 1 rings (SSSR count). The lowest BCUT2D eigenvalue weighted by Crippen LogP contribution is -2.09. The fraction of sp³-hybridized carbons (Fsp3) is 0.795. The van der Waals surface area contributed by atoms with E-state index in [1.54, 1.807) is 6.92 Å². The molecule has 256 valence electrons. The summed E-state index contributed by atoms with van der Waals surface area (Å²) < 4.78 is 0. The molecule has 0 saturated heterocycles. The second-order valence-electron chi connectivity index (χ2n) is 12.8. The molecule has 0 aliphatic heterocycles. The van der Waals surface area contributed by atoms with E-state index < -0.39 is 0 Å². The highest BCUT2D eigenvalue weighted by molar-refractivity contribution is 7.99. The summed E-state index contributed by atoms with van der Waals surface area (Å²) in [7, 11) is 0. The lowest BCUT2D eigenvalue weighted by Gasteiger charge is -2.09. The first kappa shape index (κ1) is 49.1. The zero-order valence-corrected chi connectivity index (χ0v) is 30.5. The summed E-state index contributed by atoms with van der Waals surface area (Å²) in [5, 5.41) is 0. The van der Waals surface area contributed by atoms with E-state index in [2.05, 4.69) is 72.0 Å². The summed E-state index contributed by atoms with van der Waals surface area (Å²) >= 11 is 4.29. The van der Waals surface area contributed by atoms with Crippen molar-refractivity contribution in [1.29, 1.82) is 0 Å². The number of Topliss-reactive ketones (excluding diaryl/α,β-unsaturated/α-hetero) is 2. The van der Waals surface area contributed by atoms with Crippen molar-refractivity contribution in [3.05, 3.63) is 35.4 Å². The van der Waals surface area contributed by atoms with Crippen LogP contribution in [0.4, 0.5) is 0 Å². The minimum atomic E-state index is 0. The van der Waals surface area contributed by atoms with Gasteiger partial charge in [-0.3, -0.25) is 9.59 Å². The van der Waals surface area contributed by atoms with E-state index in [1.165, 1.54) is 87.2 Å². The average molecular weight is 641 g/mol. The van der Waals surface area contributed by atoms with Crippen molar-refractivity contribution in [2.45, 2.75) is 161 Å². The normalized spacial score (nSPS) is 10.5. The second-order valence-corrected chi connectivity index (χ2v) is 15.2. The Bertz CT molecular complexity index is 741. The third-order valence-corrected chi connectivity index (χ3v) is 9.11. The van der Waals surface area contributed by atoms with E-state index in [9.17, 15) is 9.59 Å². The molecular weight excluding hydrogens is 565 g/mol. The number of carbonyl (C=O) groups is 2. The summed E-state index contributed by atoms with van der Waals surface area (Å²) in [6.07, 6.45) is 15.1. The predicted octanol–water partition coefficient (Wildman–Crippen LogP) is 13.6. The minimum Gasteiger partial charge on any atom is -0.299 e. The highest BCUT2D eigenvalue weighted by Crippen LogP contribution is 2.19. The second kappa shape index (κ2) is 34.1. The summed E-state index contributed by atoms with van der Waals surface area (Å²) in [5.41, 5.74) is 2.00. The van der Waals surface area contributed by atoms with E-state index in [0.717, 1.165) is 23.5 Å². The Balaban J connectivity index is -0.000000282. The van der Waals surface area contributed by atoms with Crippen LogP contribution in [0.2, 0.25) is 0 Å². The Morgan fingerprint density at radius 1 is 0.651 bits per heavy atom. The van der Waals surface area contributed by atoms with E-state index in [0.29, 0.717) is 17.6 Å². The zero-order valence-electron chi connectivity index (χ0n) is 28.9. The first-order chi connectivity index (χ1) is 19.4. The molecule has 0 unspecified atom stereocenters. The maximum Gasteiger partial charge on any atom is 0.160 e. The van der Waals surface area contributed by atoms with Crippen LogP contribution in [0.5, 0.6) is 0 Å². The lowest BCUT2D eigenvalue weighted by atomic mass is 9.95. The molecule has 0 aliphatic rings. The van der Waals surface area contributed by atoms with E-state index in [1.807, 2.05) is 38.1 Å². The third kappa shape index (κ3) is 34.0. The number of ketones is 2. The van der Waals surface area contributed by atoms with E-state index in [4.69, 9.17) is 0 Å². The van der Waals surface area contributed by atoms with Crippen molar-refractivity contribution in [3.8, 4) is 0 Å². The predicted molar refractivity (Wildman–Crippen MR) is 205 cm³/mol. The number of hydrogen-bond acceptors (Lipinski definition) is 4. The molecular formula is C39H76O2S2. The van der Waals surface area contributed by atoms with Crippen LogP contribution in [-0.4, -0.2) is 34.6 Å². The van der Waals surface area contributed by atoms with Crippen LogP contribution in [-0.2, 0) is 4.79 Å². The fourth-order valence-corrected chi connectivity index (χ4v) is 6.25. The van der Waals surface area contributed by atoms with Gasteiger partial charge in [0, 0.05) is 17.9 Å². The molecule has 1 aromatic rings. The first-order valence-corrected chi connectivity index (χ1v) is 19.0. The molecule has 43 heavy (non-hydrogen) atoms. The zero-order chi connectivity index (χ0) is 31.5. The van der Waals surface area contributed by atoms with Gasteiger partial charge in [0.15, 0.2) is 5.78 Å². The number of hydrogen-bond donors (Lipinski definition) is 0. The molecule has 0 spiro atoms. The number of carbonyl (C=O) groups excluding carboxylic acids is 2. The van der Waals surface area contributed by atoms with Crippen molar-refractivity contribution in [2.24, 2.45) is 17.8 Å². The Morgan fingerprint density at radius 2 is 1.12 bits per heavy atom. The summed E-state index contributed by atoms with van der Waals surface area (Å²) in [4.78, 5) is 22.1. The Labute approximate surface area is 280 Å². The molecule has 0 aromatic heterocycles. The molecule has 0 aliphatic carbocycles. The fourth-order valence-electron chi connectivity index (χ4n) is 4.10. The molecule has 0 bridgehead atoms. The first-order valence-electron chi connectivity index (χ1n) is 16.7. The van der Waals surface area contributed by atoms with Gasteiger partial charge in [0.1, 0.15) is 5.78 Å². The summed E-state index contributed by atoms with van der Waals surface area (Å²) in [5.74, 6) is 8.07. The number of benzene rings is 1. The Morgan fingerprint density at radius 3 is 1.47 bits per heavy atom. The van der Waals surface area contributed by atoms with Crippen LogP contribution < -0.4 is 0 Å². The van der Waals surface area contributed by atoms with Gasteiger partial charge in [0.25, 0.3) is 0 Å². The molecule has 0 amide bonds. The Hall–Kier alpha value is -0.740. The van der Waals surface area contributed by atoms with Gasteiger partial charge < -0.3 is 0 Å². The smallest absolute Gasteiger partial charge is 0.160 e. The van der Waals surface area contributed by atoms with Gasteiger partial charge in [0.05, 0.1) is 0 Å².